The number of carbonyl (C=O) groups is 3. The second-order valence-electron chi connectivity index (χ2n) is 18.8. The molecule has 0 saturated heterocycles. The van der Waals surface area contributed by atoms with Gasteiger partial charge in [0.25, 0.3) is 0 Å². The van der Waals surface area contributed by atoms with Crippen LogP contribution in [0.2, 0.25) is 0 Å². The third-order valence-corrected chi connectivity index (χ3v) is 12.2. The summed E-state index contributed by atoms with van der Waals surface area (Å²) in [7, 11) is 0. The predicted molar refractivity (Wildman–Crippen MR) is 293 cm³/mol. The Bertz CT molecular complexity index is 1320. The molecule has 0 fully saturated rings. The number of hydrogen-bond acceptors (Lipinski definition) is 6. The van der Waals surface area contributed by atoms with E-state index in [1.54, 1.807) is 0 Å². The molecule has 390 valence electrons. The molecular formula is C62H106O6. The lowest BCUT2D eigenvalue weighted by Gasteiger charge is -2.18. The van der Waals surface area contributed by atoms with Crippen LogP contribution in [0.5, 0.6) is 0 Å². The molecule has 1 unspecified atom stereocenters. The molecule has 1 atom stereocenters. The minimum absolute atomic E-state index is 0.0849. The molecule has 0 aromatic rings. The maximum Gasteiger partial charge on any atom is 0.306 e. The van der Waals surface area contributed by atoms with Crippen molar-refractivity contribution in [3.63, 3.8) is 0 Å². The van der Waals surface area contributed by atoms with Crippen molar-refractivity contribution in [1.29, 1.82) is 0 Å². The monoisotopic (exact) mass is 947 g/mol. The molecule has 0 aromatic heterocycles. The van der Waals surface area contributed by atoms with E-state index in [-0.39, 0.29) is 31.1 Å². The number of ether oxygens (including phenoxy) is 3. The van der Waals surface area contributed by atoms with Gasteiger partial charge in [-0.15, -0.1) is 0 Å². The first-order chi connectivity index (χ1) is 33.5. The standard InChI is InChI=1S/C62H106O6/c1-4-7-10-13-16-18-20-22-24-26-28-29-30-31-32-33-34-36-37-39-41-43-46-49-52-55-61(64)67-58-59(57-66-60(63)54-51-48-45-15-12-9-6-3)68-62(65)56-53-50-47-44-42-40-38-35-27-25-23-21-19-17-14-11-8-5-2/h7,10,16,18,22,24,28-29,31-32,34,36,39,41,59H,4-6,8-9,11-15,17,19-21,23,25-27,30,33,35,37-38,40,42-58H2,1-3H3/b10-7-,18-16-,24-22-,29-28-,32-31-,36-34-,41-39-. The molecule has 0 radical (unpaired) electrons. The Kier molecular flexibility index (Phi) is 53.4. The van der Waals surface area contributed by atoms with Crippen LogP contribution < -0.4 is 0 Å². The molecule has 6 heteroatoms. The molecule has 0 aromatic carbocycles. The zero-order valence-corrected chi connectivity index (χ0v) is 44.6. The van der Waals surface area contributed by atoms with Gasteiger partial charge < -0.3 is 14.2 Å². The maximum atomic E-state index is 12.8. The summed E-state index contributed by atoms with van der Waals surface area (Å²) in [6.07, 6.45) is 73.1. The highest BCUT2D eigenvalue weighted by atomic mass is 16.6. The van der Waals surface area contributed by atoms with Crippen LogP contribution in [0.25, 0.3) is 0 Å². The molecule has 0 spiro atoms. The van der Waals surface area contributed by atoms with E-state index >= 15 is 0 Å². The van der Waals surface area contributed by atoms with Crippen LogP contribution in [0.4, 0.5) is 0 Å². The SMILES string of the molecule is CC/C=C\C/C=C\C/C=C\C/C=C\C/C=C\C/C=C\C/C=C\CCCCCC(=O)OCC(COC(=O)CCCCCCCCC)OC(=O)CCCCCCCCCCCCCCCCCCCC. The average molecular weight is 948 g/mol. The number of hydrogen-bond donors (Lipinski definition) is 0. The highest BCUT2D eigenvalue weighted by molar-refractivity contribution is 5.71. The van der Waals surface area contributed by atoms with Crippen LogP contribution in [0.3, 0.4) is 0 Å². The van der Waals surface area contributed by atoms with E-state index in [9.17, 15) is 14.4 Å². The summed E-state index contributed by atoms with van der Waals surface area (Å²) in [5.41, 5.74) is 0. The summed E-state index contributed by atoms with van der Waals surface area (Å²) < 4.78 is 16.8. The van der Waals surface area contributed by atoms with Gasteiger partial charge in [-0.2, -0.15) is 0 Å². The lowest BCUT2D eigenvalue weighted by atomic mass is 10.0. The largest absolute Gasteiger partial charge is 0.462 e. The molecule has 0 aliphatic carbocycles. The van der Waals surface area contributed by atoms with Crippen molar-refractivity contribution >= 4 is 17.9 Å². The summed E-state index contributed by atoms with van der Waals surface area (Å²) in [5, 5.41) is 0. The van der Waals surface area contributed by atoms with Crippen molar-refractivity contribution in [2.75, 3.05) is 13.2 Å². The van der Waals surface area contributed by atoms with Gasteiger partial charge in [-0.05, 0) is 77.0 Å². The number of unbranched alkanes of at least 4 members (excludes halogenated alkanes) is 26. The van der Waals surface area contributed by atoms with Gasteiger partial charge >= 0.3 is 17.9 Å². The van der Waals surface area contributed by atoms with Gasteiger partial charge in [0.05, 0.1) is 0 Å². The van der Waals surface area contributed by atoms with E-state index in [1.807, 2.05) is 0 Å². The molecule has 0 heterocycles. The normalized spacial score (nSPS) is 12.7. The number of carbonyl (C=O) groups excluding carboxylic acids is 3. The van der Waals surface area contributed by atoms with E-state index in [0.29, 0.717) is 19.3 Å². The molecular weight excluding hydrogens is 841 g/mol. The molecule has 0 amide bonds. The topological polar surface area (TPSA) is 78.9 Å². The van der Waals surface area contributed by atoms with Crippen LogP contribution in [0.1, 0.15) is 271 Å². The molecule has 0 rings (SSSR count). The fraction of sp³-hybridized carbons (Fsp3) is 0.726. The van der Waals surface area contributed by atoms with Crippen molar-refractivity contribution < 1.29 is 28.6 Å². The third-order valence-electron chi connectivity index (χ3n) is 12.2. The molecule has 0 saturated carbocycles. The zero-order chi connectivity index (χ0) is 49.3. The summed E-state index contributed by atoms with van der Waals surface area (Å²) >= 11 is 0. The second-order valence-corrected chi connectivity index (χ2v) is 18.8. The first-order valence-electron chi connectivity index (χ1n) is 28.6. The molecule has 68 heavy (non-hydrogen) atoms. The Morgan fingerprint density at radius 1 is 0.309 bits per heavy atom. The first kappa shape index (κ1) is 64.6. The van der Waals surface area contributed by atoms with Gasteiger partial charge in [-0.1, -0.05) is 260 Å². The molecule has 0 aliphatic heterocycles. The molecule has 0 bridgehead atoms. The number of rotatable bonds is 51. The summed E-state index contributed by atoms with van der Waals surface area (Å²) in [6.45, 7) is 6.47. The zero-order valence-electron chi connectivity index (χ0n) is 44.6. The van der Waals surface area contributed by atoms with Crippen LogP contribution in [-0.4, -0.2) is 37.2 Å². The number of esters is 3. The fourth-order valence-corrected chi connectivity index (χ4v) is 7.89. The Balaban J connectivity index is 4.27. The quantitative estimate of drug-likeness (QED) is 0.0262. The Morgan fingerprint density at radius 3 is 0.897 bits per heavy atom. The smallest absolute Gasteiger partial charge is 0.306 e. The molecule has 0 N–H and O–H groups in total. The van der Waals surface area contributed by atoms with E-state index in [0.717, 1.165) is 109 Å². The van der Waals surface area contributed by atoms with Crippen molar-refractivity contribution in [2.24, 2.45) is 0 Å². The molecule has 6 nitrogen and oxygen atoms in total. The Labute approximate surface area is 420 Å². The lowest BCUT2D eigenvalue weighted by Crippen LogP contribution is -2.30. The van der Waals surface area contributed by atoms with Crippen molar-refractivity contribution in [3.8, 4) is 0 Å². The lowest BCUT2D eigenvalue weighted by molar-refractivity contribution is -0.167. The second kappa shape index (κ2) is 56.2. The first-order valence-corrected chi connectivity index (χ1v) is 28.6. The van der Waals surface area contributed by atoms with Crippen molar-refractivity contribution in [2.45, 2.75) is 277 Å². The summed E-state index contributed by atoms with van der Waals surface area (Å²) in [6, 6.07) is 0. The third kappa shape index (κ3) is 53.5. The van der Waals surface area contributed by atoms with Gasteiger partial charge in [0.15, 0.2) is 6.10 Å². The Hall–Kier alpha value is -3.41. The van der Waals surface area contributed by atoms with Gasteiger partial charge in [0, 0.05) is 19.3 Å². The highest BCUT2D eigenvalue weighted by Gasteiger charge is 2.19. The van der Waals surface area contributed by atoms with Gasteiger partial charge in [-0.25, -0.2) is 0 Å². The summed E-state index contributed by atoms with van der Waals surface area (Å²) in [5.74, 6) is -0.919. The predicted octanol–water partition coefficient (Wildman–Crippen LogP) is 19.2. The van der Waals surface area contributed by atoms with Crippen LogP contribution in [0.15, 0.2) is 85.1 Å². The molecule has 0 aliphatic rings. The summed E-state index contributed by atoms with van der Waals surface area (Å²) in [4.78, 5) is 37.9. The van der Waals surface area contributed by atoms with Crippen molar-refractivity contribution in [3.05, 3.63) is 85.1 Å². The maximum absolute atomic E-state index is 12.8. The fourth-order valence-electron chi connectivity index (χ4n) is 7.89. The van der Waals surface area contributed by atoms with Gasteiger partial charge in [0.2, 0.25) is 0 Å². The van der Waals surface area contributed by atoms with E-state index < -0.39 is 6.10 Å². The van der Waals surface area contributed by atoms with Crippen LogP contribution in [0, 0.1) is 0 Å². The van der Waals surface area contributed by atoms with E-state index in [4.69, 9.17) is 14.2 Å². The Morgan fingerprint density at radius 2 is 0.574 bits per heavy atom. The van der Waals surface area contributed by atoms with Gasteiger partial charge in [-0.3, -0.25) is 14.4 Å². The average Bonchev–Trinajstić information content (AvgIpc) is 3.34. The van der Waals surface area contributed by atoms with E-state index in [1.165, 1.54) is 122 Å². The minimum Gasteiger partial charge on any atom is -0.462 e. The minimum atomic E-state index is -0.786. The van der Waals surface area contributed by atoms with Gasteiger partial charge in [0.1, 0.15) is 13.2 Å². The van der Waals surface area contributed by atoms with Crippen LogP contribution >= 0.6 is 0 Å². The van der Waals surface area contributed by atoms with Crippen molar-refractivity contribution in [1.82, 2.24) is 0 Å². The van der Waals surface area contributed by atoms with Crippen LogP contribution in [-0.2, 0) is 28.6 Å². The highest BCUT2D eigenvalue weighted by Crippen LogP contribution is 2.16. The van der Waals surface area contributed by atoms with E-state index in [2.05, 4.69) is 106 Å². The number of allylic oxidation sites excluding steroid dienone is 14.